The average Bonchev–Trinajstić information content (AvgIpc) is 2.70. The SMILES string of the molecule is CCC(Cc1ccc(N2CCOCC2)cc1)(Cc1ccc(C)cc1C)N(C)C. The minimum Gasteiger partial charge on any atom is -0.378 e. The molecule has 1 atom stereocenters. The van der Waals surface area contributed by atoms with Crippen molar-refractivity contribution in [1.29, 1.82) is 0 Å². The van der Waals surface area contributed by atoms with Crippen molar-refractivity contribution in [1.82, 2.24) is 4.90 Å². The Kier molecular flexibility index (Phi) is 6.79. The van der Waals surface area contributed by atoms with Crippen molar-refractivity contribution in [2.45, 2.75) is 45.6 Å². The summed E-state index contributed by atoms with van der Waals surface area (Å²) in [7, 11) is 4.46. The first-order valence-electron chi connectivity index (χ1n) is 10.6. The van der Waals surface area contributed by atoms with E-state index in [0.29, 0.717) is 0 Å². The van der Waals surface area contributed by atoms with E-state index in [2.05, 4.69) is 87.1 Å². The summed E-state index contributed by atoms with van der Waals surface area (Å²) in [6.45, 7) is 10.4. The van der Waals surface area contributed by atoms with Crippen LogP contribution in [0.25, 0.3) is 0 Å². The van der Waals surface area contributed by atoms with Crippen molar-refractivity contribution in [3.05, 3.63) is 64.7 Å². The van der Waals surface area contributed by atoms with E-state index in [1.165, 1.54) is 27.9 Å². The van der Waals surface area contributed by atoms with Crippen molar-refractivity contribution >= 4 is 5.69 Å². The summed E-state index contributed by atoms with van der Waals surface area (Å²) in [4.78, 5) is 4.85. The zero-order valence-electron chi connectivity index (χ0n) is 18.3. The molecule has 0 spiro atoms. The van der Waals surface area contributed by atoms with Crippen molar-refractivity contribution in [3.63, 3.8) is 0 Å². The third kappa shape index (κ3) is 4.76. The summed E-state index contributed by atoms with van der Waals surface area (Å²) in [6.07, 6.45) is 3.26. The predicted molar refractivity (Wildman–Crippen MR) is 120 cm³/mol. The van der Waals surface area contributed by atoms with Gasteiger partial charge in [0.1, 0.15) is 0 Å². The molecule has 1 aliphatic rings. The number of hydrogen-bond acceptors (Lipinski definition) is 3. The molecular weight excluding hydrogens is 344 g/mol. The van der Waals surface area contributed by atoms with Gasteiger partial charge in [-0.3, -0.25) is 0 Å². The van der Waals surface area contributed by atoms with Gasteiger partial charge in [0.25, 0.3) is 0 Å². The molecule has 2 aromatic carbocycles. The number of ether oxygens (including phenoxy) is 1. The fourth-order valence-electron chi connectivity index (χ4n) is 4.37. The predicted octanol–water partition coefficient (Wildman–Crippen LogP) is 4.64. The van der Waals surface area contributed by atoms with E-state index in [-0.39, 0.29) is 5.54 Å². The van der Waals surface area contributed by atoms with E-state index < -0.39 is 0 Å². The lowest BCUT2D eigenvalue weighted by Crippen LogP contribution is -2.47. The van der Waals surface area contributed by atoms with Gasteiger partial charge in [-0.05, 0) is 76.0 Å². The van der Waals surface area contributed by atoms with Gasteiger partial charge >= 0.3 is 0 Å². The lowest BCUT2D eigenvalue weighted by Gasteiger charge is -2.40. The van der Waals surface area contributed by atoms with Crippen LogP contribution in [0.3, 0.4) is 0 Å². The Hall–Kier alpha value is -1.84. The Morgan fingerprint density at radius 1 is 0.964 bits per heavy atom. The smallest absolute Gasteiger partial charge is 0.0642 e. The summed E-state index contributed by atoms with van der Waals surface area (Å²) >= 11 is 0. The van der Waals surface area contributed by atoms with E-state index in [4.69, 9.17) is 4.74 Å². The maximum absolute atomic E-state index is 5.48. The molecule has 3 rings (SSSR count). The van der Waals surface area contributed by atoms with Crippen LogP contribution in [0.2, 0.25) is 0 Å². The van der Waals surface area contributed by atoms with Crippen LogP contribution in [0.4, 0.5) is 5.69 Å². The highest BCUT2D eigenvalue weighted by Crippen LogP contribution is 2.30. The molecule has 152 valence electrons. The molecule has 2 aromatic rings. The molecule has 1 heterocycles. The van der Waals surface area contributed by atoms with Gasteiger partial charge in [0.15, 0.2) is 0 Å². The fraction of sp³-hybridized carbons (Fsp3) is 0.520. The van der Waals surface area contributed by atoms with Crippen molar-refractivity contribution in [2.75, 3.05) is 45.3 Å². The molecule has 0 saturated carbocycles. The number of likely N-dealkylation sites (N-methyl/N-ethyl adjacent to an activating group) is 1. The Labute approximate surface area is 171 Å². The highest BCUT2D eigenvalue weighted by atomic mass is 16.5. The Morgan fingerprint density at radius 2 is 1.64 bits per heavy atom. The minimum atomic E-state index is 0.125. The van der Waals surface area contributed by atoms with Crippen LogP contribution in [-0.2, 0) is 17.6 Å². The van der Waals surface area contributed by atoms with E-state index in [1.54, 1.807) is 0 Å². The zero-order valence-corrected chi connectivity index (χ0v) is 18.3. The first-order valence-corrected chi connectivity index (χ1v) is 10.6. The molecule has 3 heteroatoms. The molecule has 1 unspecified atom stereocenters. The maximum Gasteiger partial charge on any atom is 0.0642 e. The lowest BCUT2D eigenvalue weighted by atomic mass is 9.80. The molecule has 0 amide bonds. The second-order valence-electron chi connectivity index (χ2n) is 8.52. The van der Waals surface area contributed by atoms with Gasteiger partial charge in [0, 0.05) is 24.3 Å². The lowest BCUT2D eigenvalue weighted by molar-refractivity contribution is 0.122. The number of anilines is 1. The Morgan fingerprint density at radius 3 is 2.21 bits per heavy atom. The maximum atomic E-state index is 5.48. The third-order valence-corrected chi connectivity index (χ3v) is 6.47. The van der Waals surface area contributed by atoms with E-state index in [1.807, 2.05) is 0 Å². The molecule has 28 heavy (non-hydrogen) atoms. The number of aryl methyl sites for hydroxylation is 2. The molecule has 3 nitrogen and oxygen atoms in total. The van der Waals surface area contributed by atoms with Crippen LogP contribution in [0.5, 0.6) is 0 Å². The number of rotatable bonds is 7. The third-order valence-electron chi connectivity index (χ3n) is 6.47. The van der Waals surface area contributed by atoms with Crippen LogP contribution in [0.1, 0.15) is 35.6 Å². The molecule has 0 bridgehead atoms. The van der Waals surface area contributed by atoms with Crippen molar-refractivity contribution in [2.24, 2.45) is 0 Å². The highest BCUT2D eigenvalue weighted by molar-refractivity contribution is 5.48. The molecule has 0 aromatic heterocycles. The quantitative estimate of drug-likeness (QED) is 0.696. The van der Waals surface area contributed by atoms with Crippen molar-refractivity contribution < 1.29 is 4.74 Å². The van der Waals surface area contributed by atoms with Crippen LogP contribution >= 0.6 is 0 Å². The summed E-state index contributed by atoms with van der Waals surface area (Å²) in [5.41, 5.74) is 7.06. The van der Waals surface area contributed by atoms with E-state index in [0.717, 1.165) is 45.6 Å². The number of nitrogens with zero attached hydrogens (tertiary/aromatic N) is 2. The van der Waals surface area contributed by atoms with Gasteiger partial charge in [-0.25, -0.2) is 0 Å². The largest absolute Gasteiger partial charge is 0.378 e. The molecule has 1 fully saturated rings. The Bertz CT molecular complexity index is 763. The Balaban J connectivity index is 1.79. The molecule has 0 radical (unpaired) electrons. The number of benzene rings is 2. The summed E-state index contributed by atoms with van der Waals surface area (Å²) < 4.78 is 5.48. The molecule has 1 saturated heterocycles. The monoisotopic (exact) mass is 380 g/mol. The van der Waals surface area contributed by atoms with Gasteiger partial charge in [-0.1, -0.05) is 42.8 Å². The normalized spacial score (nSPS) is 17.0. The second kappa shape index (κ2) is 9.11. The van der Waals surface area contributed by atoms with E-state index >= 15 is 0 Å². The molecular formula is C25H36N2O. The van der Waals surface area contributed by atoms with Crippen LogP contribution in [-0.4, -0.2) is 50.8 Å². The first-order chi connectivity index (χ1) is 13.4. The minimum absolute atomic E-state index is 0.125. The summed E-state index contributed by atoms with van der Waals surface area (Å²) in [5.74, 6) is 0. The molecule has 0 aliphatic carbocycles. The van der Waals surface area contributed by atoms with Crippen LogP contribution in [0.15, 0.2) is 42.5 Å². The number of morpholine rings is 1. The second-order valence-corrected chi connectivity index (χ2v) is 8.52. The van der Waals surface area contributed by atoms with Gasteiger partial charge in [0.2, 0.25) is 0 Å². The fourth-order valence-corrected chi connectivity index (χ4v) is 4.37. The van der Waals surface area contributed by atoms with Gasteiger partial charge in [0.05, 0.1) is 13.2 Å². The zero-order chi connectivity index (χ0) is 20.1. The van der Waals surface area contributed by atoms with Gasteiger partial charge in [-0.2, -0.15) is 0 Å². The topological polar surface area (TPSA) is 15.7 Å². The van der Waals surface area contributed by atoms with Crippen LogP contribution in [0, 0.1) is 13.8 Å². The molecule has 0 N–H and O–H groups in total. The summed E-state index contributed by atoms with van der Waals surface area (Å²) in [6, 6.07) is 16.1. The average molecular weight is 381 g/mol. The van der Waals surface area contributed by atoms with Gasteiger partial charge in [-0.15, -0.1) is 0 Å². The van der Waals surface area contributed by atoms with Gasteiger partial charge < -0.3 is 14.5 Å². The van der Waals surface area contributed by atoms with Crippen molar-refractivity contribution in [3.8, 4) is 0 Å². The highest BCUT2D eigenvalue weighted by Gasteiger charge is 2.31. The standard InChI is InChI=1S/C25H36N2O/c1-6-25(26(4)5,19-23-10-7-20(2)17-21(23)3)18-22-8-11-24(12-9-22)27-13-15-28-16-14-27/h7-12,17H,6,13-16,18-19H2,1-5H3. The number of hydrogen-bond donors (Lipinski definition) is 0. The first kappa shape index (κ1) is 20.9. The van der Waals surface area contributed by atoms with Crippen LogP contribution < -0.4 is 4.90 Å². The van der Waals surface area contributed by atoms with E-state index in [9.17, 15) is 0 Å². The summed E-state index contributed by atoms with van der Waals surface area (Å²) in [5, 5.41) is 0. The molecule has 1 aliphatic heterocycles.